The Kier molecular flexibility index (Phi) is 5.44. The van der Waals surface area contributed by atoms with Crippen molar-refractivity contribution in [2.75, 3.05) is 5.32 Å². The maximum absolute atomic E-state index is 12.5. The van der Waals surface area contributed by atoms with Crippen LogP contribution in [-0.4, -0.2) is 17.9 Å². The Hall–Kier alpha value is -1.86. The van der Waals surface area contributed by atoms with Crippen LogP contribution in [0.15, 0.2) is 28.7 Å². The van der Waals surface area contributed by atoms with Crippen molar-refractivity contribution in [3.05, 3.63) is 44.7 Å². The molecule has 25 heavy (non-hydrogen) atoms. The zero-order valence-electron chi connectivity index (χ0n) is 13.8. The van der Waals surface area contributed by atoms with Gasteiger partial charge in [-0.2, -0.15) is 0 Å². The number of carbonyl (C=O) groups excluding carboxylic acids is 2. The van der Waals surface area contributed by atoms with Gasteiger partial charge in [-0.3, -0.25) is 9.59 Å². The highest BCUT2D eigenvalue weighted by atomic mass is 79.9. The number of ether oxygens (including phenoxy) is 1. The van der Waals surface area contributed by atoms with Crippen molar-refractivity contribution in [3.63, 3.8) is 0 Å². The zero-order valence-corrected chi connectivity index (χ0v) is 16.2. The first-order valence-corrected chi connectivity index (χ1v) is 9.74. The number of halogens is 1. The predicted octanol–water partition coefficient (Wildman–Crippen LogP) is 3.89. The van der Waals surface area contributed by atoms with Crippen LogP contribution in [-0.2, 0) is 17.6 Å². The summed E-state index contributed by atoms with van der Waals surface area (Å²) in [6, 6.07) is 7.30. The van der Waals surface area contributed by atoms with Crippen LogP contribution in [0.25, 0.3) is 0 Å². The number of aryl methyl sites for hydroxylation is 1. The Labute approximate surface area is 158 Å². The van der Waals surface area contributed by atoms with Gasteiger partial charge in [0.2, 0.25) is 0 Å². The number of rotatable bonds is 5. The molecule has 2 amide bonds. The minimum absolute atomic E-state index is 0.305. The molecule has 1 atom stereocenters. The third-order valence-electron chi connectivity index (χ3n) is 4.13. The summed E-state index contributed by atoms with van der Waals surface area (Å²) < 4.78 is 6.55. The van der Waals surface area contributed by atoms with E-state index in [1.54, 1.807) is 19.1 Å². The van der Waals surface area contributed by atoms with Gasteiger partial charge in [-0.25, -0.2) is 0 Å². The SMILES string of the molecule is C[C@@H](Oc1cccc(Br)c1)C(=O)Nc1sc2c(c1C(N)=O)CCCC2. The molecule has 0 bridgehead atoms. The molecule has 3 N–H and O–H groups in total. The monoisotopic (exact) mass is 422 g/mol. The van der Waals surface area contributed by atoms with E-state index in [-0.39, 0.29) is 5.91 Å². The molecule has 1 aliphatic carbocycles. The number of amides is 2. The first-order valence-electron chi connectivity index (χ1n) is 8.13. The molecule has 0 radical (unpaired) electrons. The fraction of sp³-hybridized carbons (Fsp3) is 0.333. The van der Waals surface area contributed by atoms with E-state index >= 15 is 0 Å². The van der Waals surface area contributed by atoms with Gasteiger partial charge in [-0.1, -0.05) is 22.0 Å². The highest BCUT2D eigenvalue weighted by molar-refractivity contribution is 9.10. The summed E-state index contributed by atoms with van der Waals surface area (Å²) in [5, 5.41) is 3.36. The molecule has 2 aromatic rings. The standard InChI is InChI=1S/C18H19BrN2O3S/c1-10(24-12-6-4-5-11(19)9-12)17(23)21-18-15(16(20)22)13-7-2-3-8-14(13)25-18/h4-6,9-10H,2-3,7-8H2,1H3,(H2,20,22)(H,21,23)/t10-/m1/s1. The van der Waals surface area contributed by atoms with Crippen molar-refractivity contribution >= 4 is 44.1 Å². The number of nitrogens with two attached hydrogens (primary N) is 1. The van der Waals surface area contributed by atoms with Crippen molar-refractivity contribution in [2.45, 2.75) is 38.7 Å². The second-order valence-corrected chi connectivity index (χ2v) is 8.01. The number of hydrogen-bond donors (Lipinski definition) is 2. The fourth-order valence-electron chi connectivity index (χ4n) is 2.93. The van der Waals surface area contributed by atoms with Crippen molar-refractivity contribution in [1.29, 1.82) is 0 Å². The molecule has 3 rings (SSSR count). The summed E-state index contributed by atoms with van der Waals surface area (Å²) in [6.45, 7) is 1.67. The van der Waals surface area contributed by atoms with Crippen molar-refractivity contribution in [3.8, 4) is 5.75 Å². The topological polar surface area (TPSA) is 81.4 Å². The maximum atomic E-state index is 12.5. The molecular formula is C18H19BrN2O3S. The van der Waals surface area contributed by atoms with Gasteiger partial charge in [0.25, 0.3) is 11.8 Å². The lowest BCUT2D eigenvalue weighted by molar-refractivity contribution is -0.122. The minimum Gasteiger partial charge on any atom is -0.481 e. The molecule has 0 fully saturated rings. The molecule has 0 unspecified atom stereocenters. The normalized spacial score (nSPS) is 14.5. The molecule has 1 aromatic heterocycles. The molecule has 0 aliphatic heterocycles. The smallest absolute Gasteiger partial charge is 0.265 e. The number of carbonyl (C=O) groups is 2. The number of primary amides is 1. The molecular weight excluding hydrogens is 404 g/mol. The van der Waals surface area contributed by atoms with E-state index in [1.807, 2.05) is 12.1 Å². The Bertz CT molecular complexity index is 819. The van der Waals surface area contributed by atoms with Gasteiger partial charge in [0, 0.05) is 9.35 Å². The van der Waals surface area contributed by atoms with Gasteiger partial charge in [0.1, 0.15) is 10.8 Å². The van der Waals surface area contributed by atoms with Gasteiger partial charge in [-0.15, -0.1) is 11.3 Å². The molecule has 5 nitrogen and oxygen atoms in total. The van der Waals surface area contributed by atoms with Crippen LogP contribution < -0.4 is 15.8 Å². The van der Waals surface area contributed by atoms with Gasteiger partial charge in [0.05, 0.1) is 5.56 Å². The van der Waals surface area contributed by atoms with Crippen LogP contribution >= 0.6 is 27.3 Å². The Balaban J connectivity index is 1.76. The number of benzene rings is 1. The van der Waals surface area contributed by atoms with E-state index < -0.39 is 12.0 Å². The lowest BCUT2D eigenvalue weighted by atomic mass is 9.95. The molecule has 0 saturated carbocycles. The average Bonchev–Trinajstić information content (AvgIpc) is 2.92. The minimum atomic E-state index is -0.700. The maximum Gasteiger partial charge on any atom is 0.265 e. The second kappa shape index (κ2) is 7.58. The summed E-state index contributed by atoms with van der Waals surface area (Å²) >= 11 is 4.82. The first-order chi connectivity index (χ1) is 12.0. The number of nitrogens with one attached hydrogen (secondary N) is 1. The van der Waals surface area contributed by atoms with Crippen LogP contribution in [0.4, 0.5) is 5.00 Å². The van der Waals surface area contributed by atoms with Crippen molar-refractivity contribution < 1.29 is 14.3 Å². The van der Waals surface area contributed by atoms with E-state index in [2.05, 4.69) is 21.2 Å². The van der Waals surface area contributed by atoms with Crippen LogP contribution in [0.1, 0.15) is 40.6 Å². The fourth-order valence-corrected chi connectivity index (χ4v) is 4.60. The van der Waals surface area contributed by atoms with E-state index in [0.717, 1.165) is 40.6 Å². The number of anilines is 1. The molecule has 1 heterocycles. The number of thiophene rings is 1. The van der Waals surface area contributed by atoms with Gasteiger partial charge in [-0.05, 0) is 56.4 Å². The van der Waals surface area contributed by atoms with Gasteiger partial charge < -0.3 is 15.8 Å². The molecule has 1 aromatic carbocycles. The van der Waals surface area contributed by atoms with Crippen LogP contribution in [0.2, 0.25) is 0 Å². The quantitative estimate of drug-likeness (QED) is 0.766. The lowest BCUT2D eigenvalue weighted by Crippen LogP contribution is -2.30. The number of hydrogen-bond acceptors (Lipinski definition) is 4. The third kappa shape index (κ3) is 4.04. The van der Waals surface area contributed by atoms with E-state index in [9.17, 15) is 9.59 Å². The Morgan fingerprint density at radius 3 is 2.80 bits per heavy atom. The van der Waals surface area contributed by atoms with Crippen LogP contribution in [0.5, 0.6) is 5.75 Å². The summed E-state index contributed by atoms with van der Waals surface area (Å²) in [5.41, 5.74) is 7.02. The highest BCUT2D eigenvalue weighted by Gasteiger charge is 2.26. The van der Waals surface area contributed by atoms with Crippen LogP contribution in [0.3, 0.4) is 0 Å². The van der Waals surface area contributed by atoms with Crippen LogP contribution in [0, 0.1) is 0 Å². The number of fused-ring (bicyclic) bond motifs is 1. The first kappa shape index (κ1) is 17.9. The molecule has 132 valence electrons. The van der Waals surface area contributed by atoms with Crippen molar-refractivity contribution in [2.24, 2.45) is 5.73 Å². The van der Waals surface area contributed by atoms with Gasteiger partial charge >= 0.3 is 0 Å². The van der Waals surface area contributed by atoms with Crippen molar-refractivity contribution in [1.82, 2.24) is 0 Å². The Morgan fingerprint density at radius 2 is 2.08 bits per heavy atom. The van der Waals surface area contributed by atoms with E-state index in [4.69, 9.17) is 10.5 Å². The Morgan fingerprint density at radius 1 is 1.32 bits per heavy atom. The second-order valence-electron chi connectivity index (χ2n) is 5.99. The van der Waals surface area contributed by atoms with Gasteiger partial charge in [0.15, 0.2) is 6.10 Å². The third-order valence-corrected chi connectivity index (χ3v) is 5.83. The summed E-state index contributed by atoms with van der Waals surface area (Å²) in [4.78, 5) is 25.5. The highest BCUT2D eigenvalue weighted by Crippen LogP contribution is 2.38. The summed E-state index contributed by atoms with van der Waals surface area (Å²) in [5.74, 6) is -0.200. The largest absolute Gasteiger partial charge is 0.481 e. The zero-order chi connectivity index (χ0) is 18.0. The molecule has 0 saturated heterocycles. The lowest BCUT2D eigenvalue weighted by Gasteiger charge is -2.15. The molecule has 1 aliphatic rings. The summed E-state index contributed by atoms with van der Waals surface area (Å²) in [6.07, 6.45) is 3.21. The predicted molar refractivity (Wildman–Crippen MR) is 102 cm³/mol. The summed E-state index contributed by atoms with van der Waals surface area (Å²) in [7, 11) is 0. The molecule has 7 heteroatoms. The van der Waals surface area contributed by atoms with E-state index in [0.29, 0.717) is 16.3 Å². The van der Waals surface area contributed by atoms with E-state index in [1.165, 1.54) is 11.3 Å². The molecule has 0 spiro atoms. The average molecular weight is 423 g/mol.